The number of halogens is 1. The summed E-state index contributed by atoms with van der Waals surface area (Å²) in [6, 6.07) is 5.10. The maximum absolute atomic E-state index is 12.0. The van der Waals surface area contributed by atoms with Crippen LogP contribution in [-0.4, -0.2) is 16.9 Å². The second-order valence-corrected chi connectivity index (χ2v) is 7.19. The molecule has 0 radical (unpaired) electrons. The normalized spacial score (nSPS) is 22.5. The highest BCUT2D eigenvalue weighted by atomic mass is 35.5. The molecule has 1 fully saturated rings. The van der Waals surface area contributed by atoms with Gasteiger partial charge < -0.3 is 11.1 Å². The van der Waals surface area contributed by atoms with Gasteiger partial charge in [-0.2, -0.15) is 0 Å². The summed E-state index contributed by atoms with van der Waals surface area (Å²) in [5, 5.41) is 3.96. The zero-order valence-electron chi connectivity index (χ0n) is 11.7. The molecule has 0 saturated heterocycles. The van der Waals surface area contributed by atoms with Gasteiger partial charge in [-0.1, -0.05) is 31.4 Å². The Morgan fingerprint density at radius 2 is 2.30 bits per heavy atom. The molecule has 3 nitrogen and oxygen atoms in total. The predicted octanol–water partition coefficient (Wildman–Crippen LogP) is 4.17. The average molecular weight is 313 g/mol. The van der Waals surface area contributed by atoms with Crippen molar-refractivity contribution in [2.75, 3.05) is 16.8 Å². The zero-order chi connectivity index (χ0) is 14.5. The summed E-state index contributed by atoms with van der Waals surface area (Å²) in [4.78, 5) is 12.0. The van der Waals surface area contributed by atoms with E-state index in [-0.39, 0.29) is 5.91 Å². The number of carbonyl (C=O) groups excluding carboxylic acids is 1. The van der Waals surface area contributed by atoms with Crippen molar-refractivity contribution in [3.8, 4) is 0 Å². The van der Waals surface area contributed by atoms with Gasteiger partial charge in [-0.05, 0) is 37.0 Å². The number of amides is 1. The molecule has 0 spiro atoms. The minimum atomic E-state index is -0.0132. The first kappa shape index (κ1) is 15.5. The Bertz CT molecular complexity index is 481. The molecule has 1 aliphatic carbocycles. The lowest BCUT2D eigenvalue weighted by Crippen LogP contribution is -2.20. The lowest BCUT2D eigenvalue weighted by molar-refractivity contribution is -0.113. The third kappa shape index (κ3) is 4.60. The maximum atomic E-state index is 12.0. The van der Waals surface area contributed by atoms with Crippen molar-refractivity contribution >= 4 is 40.6 Å². The Balaban J connectivity index is 1.82. The fourth-order valence-corrected chi connectivity index (χ4v) is 3.97. The van der Waals surface area contributed by atoms with E-state index in [1.807, 2.05) is 0 Å². The number of benzene rings is 1. The third-order valence-corrected chi connectivity index (χ3v) is 5.26. The Morgan fingerprint density at radius 1 is 1.50 bits per heavy atom. The van der Waals surface area contributed by atoms with Crippen LogP contribution < -0.4 is 11.1 Å². The van der Waals surface area contributed by atoms with Crippen molar-refractivity contribution in [2.45, 2.75) is 37.9 Å². The number of nitrogens with one attached hydrogen (secondary N) is 1. The Hall–Kier alpha value is -0.870. The maximum Gasteiger partial charge on any atom is 0.234 e. The topological polar surface area (TPSA) is 55.1 Å². The smallest absolute Gasteiger partial charge is 0.234 e. The zero-order valence-corrected chi connectivity index (χ0v) is 13.3. The van der Waals surface area contributed by atoms with Crippen molar-refractivity contribution < 1.29 is 4.79 Å². The number of anilines is 2. The third-order valence-electron chi connectivity index (χ3n) is 3.60. The second-order valence-electron chi connectivity index (χ2n) is 5.49. The van der Waals surface area contributed by atoms with Crippen LogP contribution in [0.2, 0.25) is 5.02 Å². The standard InChI is InChI=1S/C15H21ClN2OS/c1-10-3-2-4-12(7-10)20-9-15(19)18-14-8-11(17)5-6-13(14)16/h5-6,8,10,12H,2-4,7,9,17H2,1H3,(H,18,19). The number of hydrogen-bond acceptors (Lipinski definition) is 3. The van der Waals surface area contributed by atoms with Crippen LogP contribution in [0, 0.1) is 5.92 Å². The van der Waals surface area contributed by atoms with Gasteiger partial charge in [0.15, 0.2) is 0 Å². The van der Waals surface area contributed by atoms with Gasteiger partial charge in [0.2, 0.25) is 5.91 Å². The molecule has 2 rings (SSSR count). The first-order valence-electron chi connectivity index (χ1n) is 7.01. The van der Waals surface area contributed by atoms with Crippen molar-refractivity contribution in [3.63, 3.8) is 0 Å². The summed E-state index contributed by atoms with van der Waals surface area (Å²) in [6.07, 6.45) is 5.04. The molecule has 0 heterocycles. The van der Waals surface area contributed by atoms with Gasteiger partial charge in [-0.25, -0.2) is 0 Å². The average Bonchev–Trinajstić information content (AvgIpc) is 2.41. The summed E-state index contributed by atoms with van der Waals surface area (Å²) >= 11 is 7.78. The first-order chi connectivity index (χ1) is 9.54. The monoisotopic (exact) mass is 312 g/mol. The van der Waals surface area contributed by atoms with Crippen LogP contribution >= 0.6 is 23.4 Å². The predicted molar refractivity (Wildman–Crippen MR) is 88.4 cm³/mol. The highest BCUT2D eigenvalue weighted by molar-refractivity contribution is 8.00. The van der Waals surface area contributed by atoms with E-state index in [2.05, 4.69) is 12.2 Å². The Morgan fingerprint density at radius 3 is 3.05 bits per heavy atom. The number of thioether (sulfide) groups is 1. The molecule has 2 atom stereocenters. The van der Waals surface area contributed by atoms with Crippen LogP contribution in [0.15, 0.2) is 18.2 Å². The summed E-state index contributed by atoms with van der Waals surface area (Å²) in [7, 11) is 0. The molecule has 1 saturated carbocycles. The molecule has 2 unspecified atom stereocenters. The molecular weight excluding hydrogens is 292 g/mol. The van der Waals surface area contributed by atoms with Gasteiger partial charge in [0.1, 0.15) is 0 Å². The second kappa shape index (κ2) is 7.23. The van der Waals surface area contributed by atoms with Gasteiger partial charge in [0, 0.05) is 10.9 Å². The minimum Gasteiger partial charge on any atom is -0.399 e. The number of nitrogen functional groups attached to an aromatic ring is 1. The van der Waals surface area contributed by atoms with Crippen LogP contribution in [0.1, 0.15) is 32.6 Å². The van der Waals surface area contributed by atoms with E-state index in [0.29, 0.717) is 27.4 Å². The van der Waals surface area contributed by atoms with E-state index < -0.39 is 0 Å². The molecule has 1 aromatic rings. The lowest BCUT2D eigenvalue weighted by atomic mass is 9.91. The molecular formula is C15H21ClN2OS. The van der Waals surface area contributed by atoms with Gasteiger partial charge in [-0.15, -0.1) is 11.8 Å². The van der Waals surface area contributed by atoms with Gasteiger partial charge >= 0.3 is 0 Å². The summed E-state index contributed by atoms with van der Waals surface area (Å²) in [5.41, 5.74) is 6.88. The van der Waals surface area contributed by atoms with Crippen molar-refractivity contribution in [3.05, 3.63) is 23.2 Å². The van der Waals surface area contributed by atoms with Crippen molar-refractivity contribution in [2.24, 2.45) is 5.92 Å². The summed E-state index contributed by atoms with van der Waals surface area (Å²) in [6.45, 7) is 2.29. The summed E-state index contributed by atoms with van der Waals surface area (Å²) < 4.78 is 0. The van der Waals surface area contributed by atoms with Gasteiger partial charge in [-0.3, -0.25) is 4.79 Å². The highest BCUT2D eigenvalue weighted by Gasteiger charge is 2.20. The number of rotatable bonds is 4. The molecule has 1 amide bonds. The molecule has 3 N–H and O–H groups in total. The molecule has 20 heavy (non-hydrogen) atoms. The quantitative estimate of drug-likeness (QED) is 0.820. The van der Waals surface area contributed by atoms with Crippen LogP contribution in [0.4, 0.5) is 11.4 Å². The molecule has 0 bridgehead atoms. The van der Waals surface area contributed by atoms with Crippen molar-refractivity contribution in [1.82, 2.24) is 0 Å². The first-order valence-corrected chi connectivity index (χ1v) is 8.43. The molecule has 1 aliphatic rings. The number of nitrogens with two attached hydrogens (primary N) is 1. The molecule has 0 aliphatic heterocycles. The van der Waals surface area contributed by atoms with Crippen LogP contribution in [0.3, 0.4) is 0 Å². The largest absolute Gasteiger partial charge is 0.399 e. The van der Waals surface area contributed by atoms with E-state index in [1.54, 1.807) is 30.0 Å². The van der Waals surface area contributed by atoms with E-state index in [9.17, 15) is 4.79 Å². The van der Waals surface area contributed by atoms with Gasteiger partial charge in [0.05, 0.1) is 16.5 Å². The number of carbonyl (C=O) groups is 1. The molecule has 110 valence electrons. The molecule has 5 heteroatoms. The van der Waals surface area contributed by atoms with E-state index >= 15 is 0 Å². The Labute approximate surface area is 129 Å². The van der Waals surface area contributed by atoms with Gasteiger partial charge in [0.25, 0.3) is 0 Å². The van der Waals surface area contributed by atoms with Crippen LogP contribution in [0.25, 0.3) is 0 Å². The SMILES string of the molecule is CC1CCCC(SCC(=O)Nc2cc(N)ccc2Cl)C1. The van der Waals surface area contributed by atoms with E-state index in [1.165, 1.54) is 25.7 Å². The minimum absolute atomic E-state index is 0.0132. The lowest BCUT2D eigenvalue weighted by Gasteiger charge is -2.25. The fourth-order valence-electron chi connectivity index (χ4n) is 2.55. The number of hydrogen-bond donors (Lipinski definition) is 2. The molecule has 0 aromatic heterocycles. The Kier molecular flexibility index (Phi) is 5.61. The highest BCUT2D eigenvalue weighted by Crippen LogP contribution is 2.32. The van der Waals surface area contributed by atoms with Crippen LogP contribution in [-0.2, 0) is 4.79 Å². The molecule has 1 aromatic carbocycles. The summed E-state index contributed by atoms with van der Waals surface area (Å²) in [5.74, 6) is 1.25. The van der Waals surface area contributed by atoms with E-state index in [0.717, 1.165) is 5.92 Å². The fraction of sp³-hybridized carbons (Fsp3) is 0.533. The van der Waals surface area contributed by atoms with E-state index in [4.69, 9.17) is 17.3 Å². The van der Waals surface area contributed by atoms with Crippen LogP contribution in [0.5, 0.6) is 0 Å². The van der Waals surface area contributed by atoms with Crippen molar-refractivity contribution in [1.29, 1.82) is 0 Å².